The summed E-state index contributed by atoms with van der Waals surface area (Å²) in [6.45, 7) is 3.42. The highest BCUT2D eigenvalue weighted by atomic mass is 19.1. The Kier molecular flexibility index (Phi) is 4.19. The fraction of sp³-hybridized carbons (Fsp3) is 0.385. The van der Waals surface area contributed by atoms with Gasteiger partial charge in [-0.15, -0.1) is 0 Å². The summed E-state index contributed by atoms with van der Waals surface area (Å²) in [5, 5.41) is 9.45. The molecule has 0 spiro atoms. The van der Waals surface area contributed by atoms with Crippen molar-refractivity contribution in [3.05, 3.63) is 41.5 Å². The van der Waals surface area contributed by atoms with Crippen molar-refractivity contribution in [3.63, 3.8) is 0 Å². The van der Waals surface area contributed by atoms with E-state index >= 15 is 0 Å². The first-order chi connectivity index (χ1) is 7.38. The second kappa shape index (κ2) is 5.21. The van der Waals surface area contributed by atoms with Crippen LogP contribution in [0.25, 0.3) is 6.08 Å². The van der Waals surface area contributed by atoms with Gasteiger partial charge in [0.15, 0.2) is 0 Å². The first kappa shape index (κ1) is 12.8. The van der Waals surface area contributed by atoms with Gasteiger partial charge in [-0.25, -0.2) is 8.78 Å². The minimum absolute atomic E-state index is 0.232. The van der Waals surface area contributed by atoms with E-state index in [-0.39, 0.29) is 5.56 Å². The van der Waals surface area contributed by atoms with Gasteiger partial charge in [0.05, 0.1) is 5.60 Å². The molecular weight excluding hydrogens is 210 g/mol. The molecule has 0 aromatic heterocycles. The van der Waals surface area contributed by atoms with E-state index in [1.807, 2.05) is 0 Å². The van der Waals surface area contributed by atoms with Gasteiger partial charge >= 0.3 is 0 Å². The summed E-state index contributed by atoms with van der Waals surface area (Å²) < 4.78 is 26.0. The van der Waals surface area contributed by atoms with Gasteiger partial charge in [0.1, 0.15) is 11.6 Å². The summed E-state index contributed by atoms with van der Waals surface area (Å²) in [7, 11) is 0. The standard InChI is InChI=1S/C13H16F2O/c1-13(2,16)8-4-3-5-10-9-11(14)6-7-12(10)15/h3,5-7,9,16H,4,8H2,1-2H3/b5-3+. The van der Waals surface area contributed by atoms with Gasteiger partial charge in [0.25, 0.3) is 0 Å². The number of benzene rings is 1. The van der Waals surface area contributed by atoms with Crippen molar-refractivity contribution in [2.45, 2.75) is 32.3 Å². The van der Waals surface area contributed by atoms with E-state index in [4.69, 9.17) is 0 Å². The number of rotatable bonds is 4. The average molecular weight is 226 g/mol. The summed E-state index contributed by atoms with van der Waals surface area (Å²) in [4.78, 5) is 0. The van der Waals surface area contributed by atoms with Crippen LogP contribution < -0.4 is 0 Å². The van der Waals surface area contributed by atoms with Crippen molar-refractivity contribution in [2.75, 3.05) is 0 Å². The number of halogens is 2. The van der Waals surface area contributed by atoms with Gasteiger partial charge in [-0.3, -0.25) is 0 Å². The van der Waals surface area contributed by atoms with Gasteiger partial charge < -0.3 is 5.11 Å². The van der Waals surface area contributed by atoms with Crippen LogP contribution in [0.3, 0.4) is 0 Å². The maximum absolute atomic E-state index is 13.2. The van der Waals surface area contributed by atoms with E-state index in [0.29, 0.717) is 12.8 Å². The lowest BCUT2D eigenvalue weighted by Gasteiger charge is -2.14. The second-order valence-electron chi connectivity index (χ2n) is 4.42. The predicted octanol–water partition coefficient (Wildman–Crippen LogP) is 3.53. The fourth-order valence-electron chi connectivity index (χ4n) is 1.29. The molecule has 0 bridgehead atoms. The molecule has 1 aromatic carbocycles. The highest BCUT2D eigenvalue weighted by Crippen LogP contribution is 2.14. The maximum Gasteiger partial charge on any atom is 0.130 e. The molecule has 0 atom stereocenters. The highest BCUT2D eigenvalue weighted by molar-refractivity contribution is 5.49. The van der Waals surface area contributed by atoms with E-state index in [1.54, 1.807) is 19.9 Å². The molecular formula is C13H16F2O. The van der Waals surface area contributed by atoms with Crippen LogP contribution in [-0.4, -0.2) is 10.7 Å². The SMILES string of the molecule is CC(C)(O)CC/C=C/c1cc(F)ccc1F. The first-order valence-electron chi connectivity index (χ1n) is 5.22. The highest BCUT2D eigenvalue weighted by Gasteiger charge is 2.09. The van der Waals surface area contributed by atoms with E-state index in [0.717, 1.165) is 18.2 Å². The van der Waals surface area contributed by atoms with Gasteiger partial charge in [-0.05, 0) is 44.9 Å². The normalized spacial score (nSPS) is 12.3. The quantitative estimate of drug-likeness (QED) is 0.832. The van der Waals surface area contributed by atoms with Crippen molar-refractivity contribution >= 4 is 6.08 Å². The minimum atomic E-state index is -0.731. The third kappa shape index (κ3) is 4.53. The summed E-state index contributed by atoms with van der Waals surface area (Å²) in [6.07, 6.45) is 4.47. The second-order valence-corrected chi connectivity index (χ2v) is 4.42. The van der Waals surface area contributed by atoms with Crippen LogP contribution in [0.2, 0.25) is 0 Å². The van der Waals surface area contributed by atoms with Crippen LogP contribution in [0.4, 0.5) is 8.78 Å². The summed E-state index contributed by atoms with van der Waals surface area (Å²) in [5.74, 6) is -0.899. The molecule has 0 heterocycles. The molecule has 1 nitrogen and oxygen atoms in total. The Labute approximate surface area is 94.4 Å². The summed E-state index contributed by atoms with van der Waals surface area (Å²) in [5.41, 5.74) is -0.499. The Hall–Kier alpha value is -1.22. The third-order valence-corrected chi connectivity index (χ3v) is 2.18. The molecule has 0 aliphatic heterocycles. The molecule has 0 aliphatic rings. The van der Waals surface area contributed by atoms with Crippen molar-refractivity contribution in [1.29, 1.82) is 0 Å². The zero-order chi connectivity index (χ0) is 12.2. The molecule has 3 heteroatoms. The monoisotopic (exact) mass is 226 g/mol. The predicted molar refractivity (Wildman–Crippen MR) is 60.9 cm³/mol. The van der Waals surface area contributed by atoms with E-state index in [1.165, 1.54) is 6.08 Å². The Balaban J connectivity index is 2.59. The summed E-state index contributed by atoms with van der Waals surface area (Å²) in [6, 6.07) is 3.34. The van der Waals surface area contributed by atoms with Crippen molar-refractivity contribution < 1.29 is 13.9 Å². The van der Waals surface area contributed by atoms with Crippen molar-refractivity contribution in [2.24, 2.45) is 0 Å². The smallest absolute Gasteiger partial charge is 0.130 e. The zero-order valence-electron chi connectivity index (χ0n) is 9.50. The number of aliphatic hydroxyl groups is 1. The molecule has 1 N–H and O–H groups in total. The average Bonchev–Trinajstić information content (AvgIpc) is 2.16. The van der Waals surface area contributed by atoms with Gasteiger partial charge in [0.2, 0.25) is 0 Å². The van der Waals surface area contributed by atoms with Crippen LogP contribution in [0.1, 0.15) is 32.3 Å². The molecule has 1 aromatic rings. The van der Waals surface area contributed by atoms with Gasteiger partial charge in [-0.2, -0.15) is 0 Å². The van der Waals surface area contributed by atoms with Crippen LogP contribution in [0.15, 0.2) is 24.3 Å². The maximum atomic E-state index is 13.2. The Bertz CT molecular complexity index is 378. The van der Waals surface area contributed by atoms with E-state index in [2.05, 4.69) is 0 Å². The Morgan fingerprint density at radius 1 is 1.31 bits per heavy atom. The molecule has 0 saturated carbocycles. The number of hydrogen-bond donors (Lipinski definition) is 1. The third-order valence-electron chi connectivity index (χ3n) is 2.18. The van der Waals surface area contributed by atoms with Crippen LogP contribution in [0.5, 0.6) is 0 Å². The molecule has 0 amide bonds. The fourth-order valence-corrected chi connectivity index (χ4v) is 1.29. The van der Waals surface area contributed by atoms with Crippen LogP contribution in [-0.2, 0) is 0 Å². The Morgan fingerprint density at radius 3 is 2.62 bits per heavy atom. The largest absolute Gasteiger partial charge is 0.390 e. The lowest BCUT2D eigenvalue weighted by atomic mass is 10.0. The van der Waals surface area contributed by atoms with Crippen molar-refractivity contribution in [1.82, 2.24) is 0 Å². The molecule has 0 aliphatic carbocycles. The topological polar surface area (TPSA) is 20.2 Å². The lowest BCUT2D eigenvalue weighted by Crippen LogP contribution is -2.17. The molecule has 0 fully saturated rings. The summed E-state index contributed by atoms with van der Waals surface area (Å²) >= 11 is 0. The minimum Gasteiger partial charge on any atom is -0.390 e. The molecule has 0 unspecified atom stereocenters. The van der Waals surface area contributed by atoms with Crippen LogP contribution >= 0.6 is 0 Å². The van der Waals surface area contributed by atoms with Gasteiger partial charge in [0, 0.05) is 5.56 Å². The van der Waals surface area contributed by atoms with E-state index in [9.17, 15) is 13.9 Å². The van der Waals surface area contributed by atoms with Crippen molar-refractivity contribution in [3.8, 4) is 0 Å². The first-order valence-corrected chi connectivity index (χ1v) is 5.22. The van der Waals surface area contributed by atoms with E-state index < -0.39 is 17.2 Å². The molecule has 1 rings (SSSR count). The molecule has 16 heavy (non-hydrogen) atoms. The van der Waals surface area contributed by atoms with Gasteiger partial charge in [-0.1, -0.05) is 12.2 Å². The zero-order valence-corrected chi connectivity index (χ0v) is 9.50. The molecule has 0 saturated heterocycles. The Morgan fingerprint density at radius 2 is 2.00 bits per heavy atom. The number of allylic oxidation sites excluding steroid dienone is 1. The molecule has 88 valence electrons. The van der Waals surface area contributed by atoms with Crippen LogP contribution in [0, 0.1) is 11.6 Å². The molecule has 0 radical (unpaired) electrons. The number of hydrogen-bond acceptors (Lipinski definition) is 1. The lowest BCUT2D eigenvalue weighted by molar-refractivity contribution is 0.0722.